The van der Waals surface area contributed by atoms with Crippen LogP contribution in [0.1, 0.15) is 39.0 Å². The molecular weight excluding hydrogens is 236 g/mol. The molecule has 18 heavy (non-hydrogen) atoms. The Hall–Kier alpha value is -1.30. The smallest absolute Gasteiger partial charge is 0.326 e. The third kappa shape index (κ3) is 5.35. The summed E-state index contributed by atoms with van der Waals surface area (Å²) in [7, 11) is 0. The lowest BCUT2D eigenvalue weighted by atomic mass is 10.2. The number of carboxylic acids is 1. The normalized spacial score (nSPS) is 17.4. The van der Waals surface area contributed by atoms with Crippen LogP contribution in [0.2, 0.25) is 0 Å². The number of carboxylic acid groups (broad SMARTS) is 1. The van der Waals surface area contributed by atoms with Crippen molar-refractivity contribution in [2.75, 3.05) is 13.2 Å². The molecule has 0 heterocycles. The van der Waals surface area contributed by atoms with E-state index in [4.69, 9.17) is 9.84 Å². The topological polar surface area (TPSA) is 87.7 Å². The van der Waals surface area contributed by atoms with Crippen LogP contribution in [0.5, 0.6) is 0 Å². The zero-order valence-corrected chi connectivity index (χ0v) is 10.8. The maximum Gasteiger partial charge on any atom is 0.326 e. The first-order valence-electron chi connectivity index (χ1n) is 6.52. The highest BCUT2D eigenvalue weighted by atomic mass is 16.5. The quantitative estimate of drug-likeness (QED) is 0.597. The molecule has 0 saturated heterocycles. The van der Waals surface area contributed by atoms with Gasteiger partial charge in [0, 0.05) is 6.54 Å². The van der Waals surface area contributed by atoms with Gasteiger partial charge in [-0.1, -0.05) is 19.8 Å². The summed E-state index contributed by atoms with van der Waals surface area (Å²) in [5.41, 5.74) is 0. The first kappa shape index (κ1) is 14.8. The fourth-order valence-corrected chi connectivity index (χ4v) is 1.99. The van der Waals surface area contributed by atoms with E-state index in [2.05, 4.69) is 10.6 Å². The van der Waals surface area contributed by atoms with E-state index in [0.717, 1.165) is 12.8 Å². The van der Waals surface area contributed by atoms with Crippen LogP contribution in [0.15, 0.2) is 0 Å². The van der Waals surface area contributed by atoms with Crippen LogP contribution in [0, 0.1) is 0 Å². The van der Waals surface area contributed by atoms with Gasteiger partial charge in [0.05, 0.1) is 12.7 Å². The van der Waals surface area contributed by atoms with Crippen LogP contribution in [-0.4, -0.2) is 42.4 Å². The van der Waals surface area contributed by atoms with Gasteiger partial charge >= 0.3 is 12.0 Å². The van der Waals surface area contributed by atoms with Gasteiger partial charge in [-0.05, 0) is 19.3 Å². The highest BCUT2D eigenvalue weighted by Crippen LogP contribution is 2.20. The van der Waals surface area contributed by atoms with Crippen molar-refractivity contribution >= 4 is 12.0 Å². The summed E-state index contributed by atoms with van der Waals surface area (Å²) in [4.78, 5) is 22.1. The Bertz CT molecular complexity index is 277. The Morgan fingerprint density at radius 2 is 2.06 bits per heavy atom. The monoisotopic (exact) mass is 258 g/mol. The first-order valence-corrected chi connectivity index (χ1v) is 6.52. The Kier molecular flexibility index (Phi) is 6.49. The standard InChI is InChI=1S/C12H22N2O4/c1-2-10(11(15)16)14-12(17)13-7-8-18-9-5-3-4-6-9/h9-10H,2-8H2,1H3,(H,15,16)(H2,13,14,17)/t10-/m1/s1. The Balaban J connectivity index is 2.07. The van der Waals surface area contributed by atoms with Gasteiger partial charge in [0.1, 0.15) is 6.04 Å². The maximum atomic E-state index is 11.4. The summed E-state index contributed by atoms with van der Waals surface area (Å²) in [5.74, 6) is -1.02. The number of nitrogens with one attached hydrogen (secondary N) is 2. The molecule has 1 aliphatic carbocycles. The molecule has 2 amide bonds. The maximum absolute atomic E-state index is 11.4. The van der Waals surface area contributed by atoms with E-state index in [-0.39, 0.29) is 0 Å². The zero-order valence-electron chi connectivity index (χ0n) is 10.8. The molecule has 0 aromatic heterocycles. The summed E-state index contributed by atoms with van der Waals surface area (Å²) in [6, 6.07) is -1.29. The lowest BCUT2D eigenvalue weighted by Gasteiger charge is -2.14. The van der Waals surface area contributed by atoms with Crippen molar-refractivity contribution < 1.29 is 19.4 Å². The molecule has 0 aromatic rings. The third-order valence-corrected chi connectivity index (χ3v) is 3.06. The van der Waals surface area contributed by atoms with E-state index < -0.39 is 18.0 Å². The number of rotatable bonds is 7. The molecule has 0 radical (unpaired) electrons. The number of aliphatic carboxylic acids is 1. The Labute approximate surface area is 107 Å². The van der Waals surface area contributed by atoms with E-state index in [1.807, 2.05) is 0 Å². The van der Waals surface area contributed by atoms with Gasteiger partial charge in [0.15, 0.2) is 0 Å². The zero-order chi connectivity index (χ0) is 13.4. The fourth-order valence-electron chi connectivity index (χ4n) is 1.99. The Morgan fingerprint density at radius 3 is 2.61 bits per heavy atom. The van der Waals surface area contributed by atoms with Crippen LogP contribution in [0.3, 0.4) is 0 Å². The molecule has 0 bridgehead atoms. The van der Waals surface area contributed by atoms with Crippen molar-refractivity contribution in [3.63, 3.8) is 0 Å². The second kappa shape index (κ2) is 7.92. The molecule has 1 saturated carbocycles. The minimum absolute atomic E-state index is 0.331. The lowest BCUT2D eigenvalue weighted by molar-refractivity contribution is -0.139. The molecule has 3 N–H and O–H groups in total. The summed E-state index contributed by atoms with van der Waals surface area (Å²) < 4.78 is 5.57. The summed E-state index contributed by atoms with van der Waals surface area (Å²) in [6.07, 6.45) is 5.33. The Morgan fingerprint density at radius 1 is 1.39 bits per heavy atom. The second-order valence-corrected chi connectivity index (χ2v) is 4.48. The van der Waals surface area contributed by atoms with Crippen LogP contribution in [-0.2, 0) is 9.53 Å². The minimum atomic E-state index is -1.02. The predicted molar refractivity (Wildman–Crippen MR) is 66.5 cm³/mol. The second-order valence-electron chi connectivity index (χ2n) is 4.48. The van der Waals surface area contributed by atoms with Gasteiger partial charge in [-0.2, -0.15) is 0 Å². The predicted octanol–water partition coefficient (Wildman–Crippen LogP) is 1.11. The molecule has 0 aliphatic heterocycles. The molecular formula is C12H22N2O4. The molecule has 0 spiro atoms. The first-order chi connectivity index (χ1) is 8.63. The molecule has 0 aromatic carbocycles. The van der Waals surface area contributed by atoms with E-state index in [9.17, 15) is 9.59 Å². The number of hydrogen-bond donors (Lipinski definition) is 3. The highest BCUT2D eigenvalue weighted by Gasteiger charge is 2.17. The SMILES string of the molecule is CC[C@@H](NC(=O)NCCOC1CCCC1)C(=O)O. The summed E-state index contributed by atoms with van der Waals surface area (Å²) in [5, 5.41) is 13.7. The average Bonchev–Trinajstić information content (AvgIpc) is 2.84. The molecule has 104 valence electrons. The minimum Gasteiger partial charge on any atom is -0.480 e. The number of hydrogen-bond acceptors (Lipinski definition) is 3. The van der Waals surface area contributed by atoms with E-state index in [0.29, 0.717) is 25.7 Å². The van der Waals surface area contributed by atoms with Gasteiger partial charge in [-0.25, -0.2) is 9.59 Å². The van der Waals surface area contributed by atoms with Crippen LogP contribution in [0.4, 0.5) is 4.79 Å². The molecule has 1 atom stereocenters. The number of urea groups is 1. The summed E-state index contributed by atoms with van der Waals surface area (Å²) >= 11 is 0. The average molecular weight is 258 g/mol. The summed E-state index contributed by atoms with van der Waals surface area (Å²) in [6.45, 7) is 2.59. The van der Waals surface area contributed by atoms with Crippen molar-refractivity contribution in [2.24, 2.45) is 0 Å². The van der Waals surface area contributed by atoms with Crippen molar-refractivity contribution in [3.05, 3.63) is 0 Å². The molecule has 6 nitrogen and oxygen atoms in total. The van der Waals surface area contributed by atoms with E-state index in [1.165, 1.54) is 12.8 Å². The van der Waals surface area contributed by atoms with Gasteiger partial charge < -0.3 is 20.5 Å². The third-order valence-electron chi connectivity index (χ3n) is 3.06. The van der Waals surface area contributed by atoms with E-state index in [1.54, 1.807) is 6.92 Å². The van der Waals surface area contributed by atoms with Crippen molar-refractivity contribution in [1.82, 2.24) is 10.6 Å². The van der Waals surface area contributed by atoms with Crippen LogP contribution >= 0.6 is 0 Å². The van der Waals surface area contributed by atoms with Crippen LogP contribution < -0.4 is 10.6 Å². The van der Waals surface area contributed by atoms with Crippen molar-refractivity contribution in [2.45, 2.75) is 51.2 Å². The van der Waals surface area contributed by atoms with Crippen LogP contribution in [0.25, 0.3) is 0 Å². The van der Waals surface area contributed by atoms with Crippen molar-refractivity contribution in [3.8, 4) is 0 Å². The number of ether oxygens (including phenoxy) is 1. The van der Waals surface area contributed by atoms with Crippen molar-refractivity contribution in [1.29, 1.82) is 0 Å². The number of carbonyl (C=O) groups is 2. The van der Waals surface area contributed by atoms with Gasteiger partial charge in [-0.3, -0.25) is 0 Å². The van der Waals surface area contributed by atoms with Gasteiger partial charge in [-0.15, -0.1) is 0 Å². The lowest BCUT2D eigenvalue weighted by Crippen LogP contribution is -2.46. The number of carbonyl (C=O) groups excluding carboxylic acids is 1. The highest BCUT2D eigenvalue weighted by molar-refractivity contribution is 5.82. The largest absolute Gasteiger partial charge is 0.480 e. The van der Waals surface area contributed by atoms with E-state index >= 15 is 0 Å². The fraction of sp³-hybridized carbons (Fsp3) is 0.833. The number of amides is 2. The molecule has 1 rings (SSSR count). The molecule has 1 fully saturated rings. The van der Waals surface area contributed by atoms with Gasteiger partial charge in [0.25, 0.3) is 0 Å². The molecule has 6 heteroatoms. The molecule has 0 unspecified atom stereocenters. The molecule has 1 aliphatic rings. The van der Waals surface area contributed by atoms with Gasteiger partial charge in [0.2, 0.25) is 0 Å².